The topological polar surface area (TPSA) is 285 Å². The fourth-order valence-electron chi connectivity index (χ4n) is 11.9. The molecule has 1 aliphatic heterocycles. The maximum absolute atomic E-state index is 15.8. The zero-order valence-electron chi connectivity index (χ0n) is 63.1. The molecular weight excluding hydrogens is 1220 g/mol. The number of hydrogen-bond acceptors (Lipinski definition) is 13. The highest BCUT2D eigenvalue weighted by Crippen LogP contribution is 2.40. The summed E-state index contributed by atoms with van der Waals surface area (Å²) in [4.78, 5) is 186. The van der Waals surface area contributed by atoms with Gasteiger partial charge in [-0.05, 0) is 112 Å². The molecule has 0 saturated carbocycles. The van der Waals surface area contributed by atoms with E-state index in [0.29, 0.717) is 12.7 Å². The molecule has 0 aromatic carbocycles. The van der Waals surface area contributed by atoms with Gasteiger partial charge < -0.3 is 64.8 Å². The van der Waals surface area contributed by atoms with Crippen molar-refractivity contribution in [2.24, 2.45) is 41.4 Å². The van der Waals surface area contributed by atoms with Crippen LogP contribution in [-0.2, 0) is 62.0 Å². The third-order valence-corrected chi connectivity index (χ3v) is 23.3. The number of rotatable bonds is 19. The van der Waals surface area contributed by atoms with Gasteiger partial charge in [-0.3, -0.25) is 52.7 Å². The summed E-state index contributed by atoms with van der Waals surface area (Å²) in [6.45, 7) is 40.2. The van der Waals surface area contributed by atoms with Gasteiger partial charge in [-0.2, -0.15) is 0 Å². The monoisotopic (exact) mass is 1350 g/mol. The van der Waals surface area contributed by atoms with Crippen LogP contribution in [0.25, 0.3) is 0 Å². The minimum Gasteiger partial charge on any atom is -0.411 e. The summed E-state index contributed by atoms with van der Waals surface area (Å²) >= 11 is 0. The first kappa shape index (κ1) is 86.0. The van der Waals surface area contributed by atoms with Crippen LogP contribution in [0, 0.1) is 41.4 Å². The zero-order valence-corrected chi connectivity index (χ0v) is 64.1. The third-order valence-electron chi connectivity index (χ3n) is 18.9. The molecule has 11 amide bonds. The van der Waals surface area contributed by atoms with Crippen LogP contribution < -0.4 is 21.3 Å². The molecule has 1 saturated heterocycles. The van der Waals surface area contributed by atoms with Crippen LogP contribution in [0.15, 0.2) is 0 Å². The molecule has 0 spiro atoms. The molecule has 24 nitrogen and oxygen atoms in total. The van der Waals surface area contributed by atoms with Crippen LogP contribution in [0.1, 0.15) is 190 Å². The van der Waals surface area contributed by atoms with Gasteiger partial charge >= 0.3 is 0 Å². The molecule has 0 aliphatic carbocycles. The standard InChI is InChI=1S/C69H127N11O13Si/c1-30-32-49-64(88)75(22)51(36-40(5)6)60(84)73-54(43(11)12)67(91)76(23)50(35-39(3)4)59(83)70-46(16)58(82)71-47(17)62(86)77(24)52(37-41(7)8)65(89)78(25)53(38-42(9)10)66(90)79(26)55(44(13)14)68(92)80(27)56(61(85)72-48(31-2)63(87)74(49)21)57(45(15)33-34-81)93-94(28,29)69(18,19)20/h34,39-57H,30-33,35-38H2,1-29H3,(H,70,83)(H,71,82)(H,72,85)(H,73,84)/t45-,46-,47+,48-,49-,50-,51+,52-,53-,54-,55-,56-,57-/m1/s1. The Morgan fingerprint density at radius 2 is 0.830 bits per heavy atom. The predicted molar refractivity (Wildman–Crippen MR) is 370 cm³/mol. The van der Waals surface area contributed by atoms with Crippen molar-refractivity contribution in [2.75, 3.05) is 49.3 Å². The van der Waals surface area contributed by atoms with Crippen molar-refractivity contribution in [3.63, 3.8) is 0 Å². The molecule has 13 atom stereocenters. The molecule has 1 fully saturated rings. The quantitative estimate of drug-likeness (QED) is 0.0843. The summed E-state index contributed by atoms with van der Waals surface area (Å²) < 4.78 is 7.14. The lowest BCUT2D eigenvalue weighted by Gasteiger charge is -2.46. The molecule has 25 heteroatoms. The molecular formula is C69H127N11O13Si. The molecule has 1 heterocycles. The average molecular weight is 1350 g/mol. The number of amides is 11. The van der Waals surface area contributed by atoms with Gasteiger partial charge in [0.1, 0.15) is 72.7 Å². The van der Waals surface area contributed by atoms with Crippen LogP contribution in [0.3, 0.4) is 0 Å². The van der Waals surface area contributed by atoms with Gasteiger partial charge in [0, 0.05) is 55.8 Å². The fourth-order valence-corrected chi connectivity index (χ4v) is 13.3. The van der Waals surface area contributed by atoms with Crippen molar-refractivity contribution in [1.82, 2.24) is 55.6 Å². The number of aldehydes is 1. The molecule has 1 aliphatic rings. The smallest absolute Gasteiger partial charge is 0.246 e. The second kappa shape index (κ2) is 37.5. The molecule has 0 bridgehead atoms. The van der Waals surface area contributed by atoms with Gasteiger partial charge in [-0.25, -0.2) is 0 Å². The lowest BCUT2D eigenvalue weighted by atomic mass is 9.91. The van der Waals surface area contributed by atoms with Crippen LogP contribution in [0.4, 0.5) is 0 Å². The Morgan fingerprint density at radius 1 is 0.447 bits per heavy atom. The molecule has 0 aromatic rings. The molecule has 94 heavy (non-hydrogen) atoms. The van der Waals surface area contributed by atoms with Crippen LogP contribution >= 0.6 is 0 Å². The van der Waals surface area contributed by atoms with Gasteiger partial charge in [0.2, 0.25) is 65.0 Å². The molecule has 4 N–H and O–H groups in total. The minimum atomic E-state index is -2.90. The van der Waals surface area contributed by atoms with Crippen molar-refractivity contribution >= 4 is 79.6 Å². The summed E-state index contributed by atoms with van der Waals surface area (Å²) in [5.74, 6) is -9.69. The number of carbonyl (C=O) groups excluding carboxylic acids is 12. The van der Waals surface area contributed by atoms with Gasteiger partial charge in [0.25, 0.3) is 0 Å². The Hall–Kier alpha value is -5.98. The van der Waals surface area contributed by atoms with Gasteiger partial charge in [0.15, 0.2) is 8.32 Å². The highest BCUT2D eigenvalue weighted by atomic mass is 28.4. The summed E-state index contributed by atoms with van der Waals surface area (Å²) in [5.41, 5.74) is 0. The molecule has 0 aromatic heterocycles. The minimum absolute atomic E-state index is 0.0152. The Bertz CT molecular complexity index is 2590. The fraction of sp³-hybridized carbons (Fsp3) is 0.826. The van der Waals surface area contributed by atoms with E-state index in [2.05, 4.69) is 21.3 Å². The van der Waals surface area contributed by atoms with E-state index in [4.69, 9.17) is 4.43 Å². The van der Waals surface area contributed by atoms with E-state index in [1.165, 1.54) is 97.5 Å². The van der Waals surface area contributed by atoms with Gasteiger partial charge in [-0.1, -0.05) is 131 Å². The normalized spacial score (nSPS) is 26.5. The van der Waals surface area contributed by atoms with E-state index in [1.807, 2.05) is 96.2 Å². The first-order valence-corrected chi connectivity index (χ1v) is 37.2. The van der Waals surface area contributed by atoms with E-state index in [-0.39, 0.29) is 68.6 Å². The van der Waals surface area contributed by atoms with Crippen molar-refractivity contribution in [3.8, 4) is 0 Å². The van der Waals surface area contributed by atoms with Crippen molar-refractivity contribution in [2.45, 2.75) is 281 Å². The lowest BCUT2D eigenvalue weighted by Crippen LogP contribution is -2.65. The van der Waals surface area contributed by atoms with E-state index < -0.39 is 169 Å². The van der Waals surface area contributed by atoms with Crippen molar-refractivity contribution < 1.29 is 62.0 Å². The highest BCUT2D eigenvalue weighted by molar-refractivity contribution is 6.74. The third kappa shape index (κ3) is 23.1. The van der Waals surface area contributed by atoms with E-state index in [0.717, 1.165) is 0 Å². The molecule has 0 unspecified atom stereocenters. The second-order valence-corrected chi connectivity index (χ2v) is 35.3. The number of nitrogens with one attached hydrogen (secondary N) is 4. The Morgan fingerprint density at radius 3 is 1.24 bits per heavy atom. The number of carbonyl (C=O) groups is 12. The summed E-state index contributed by atoms with van der Waals surface area (Å²) in [6.07, 6.45) is 0.649. The largest absolute Gasteiger partial charge is 0.411 e. The average Bonchev–Trinajstić information content (AvgIpc) is 0.792. The summed E-state index contributed by atoms with van der Waals surface area (Å²) in [5, 5.41) is 10.8. The number of hydrogen-bond donors (Lipinski definition) is 4. The Balaban J connectivity index is 4.66. The van der Waals surface area contributed by atoms with E-state index in [9.17, 15) is 28.8 Å². The first-order valence-electron chi connectivity index (χ1n) is 34.3. The summed E-state index contributed by atoms with van der Waals surface area (Å²) in [6, 6.07) is -13.6. The van der Waals surface area contributed by atoms with Crippen molar-refractivity contribution in [3.05, 3.63) is 0 Å². The first-order chi connectivity index (χ1) is 43.1. The SMILES string of the molecule is CCC[C@@H]1C(=O)N(C)[C@@H](CC(C)C)C(=O)N[C@H](C(C)C)C(=O)N(C)[C@H](CC(C)C)C(=O)N[C@H](C)C(=O)N[C@@H](C)C(=O)N(C)[C@H](CC(C)C)C(=O)N(C)[C@H](CC(C)C)C(=O)N(C)[C@H](C(C)C)C(=O)N(C)[C@H]([C@H](O[Si](C)(C)C(C)(C)C)[C@H](C)CC=O)C(=O)N[C@H](CC)C(=O)N1C. The second-order valence-electron chi connectivity index (χ2n) is 30.5. The highest BCUT2D eigenvalue weighted by Gasteiger charge is 2.50. The number of nitrogens with zero attached hydrogens (tertiary/aromatic N) is 7. The van der Waals surface area contributed by atoms with Gasteiger partial charge in [0.05, 0.1) is 6.10 Å². The molecule has 540 valence electrons. The van der Waals surface area contributed by atoms with Gasteiger partial charge in [-0.15, -0.1) is 0 Å². The zero-order chi connectivity index (χ0) is 73.3. The molecule has 0 radical (unpaired) electrons. The Labute approximate surface area is 566 Å². The van der Waals surface area contributed by atoms with E-state index in [1.54, 1.807) is 41.5 Å². The van der Waals surface area contributed by atoms with E-state index >= 15 is 28.8 Å². The summed E-state index contributed by atoms with van der Waals surface area (Å²) in [7, 11) is 7.29. The predicted octanol–water partition coefficient (Wildman–Crippen LogP) is 6.09. The van der Waals surface area contributed by atoms with Crippen molar-refractivity contribution in [1.29, 1.82) is 0 Å². The van der Waals surface area contributed by atoms with Crippen LogP contribution in [0.5, 0.6) is 0 Å². The molecule has 1 rings (SSSR count). The van der Waals surface area contributed by atoms with Crippen LogP contribution in [-0.4, -0.2) is 236 Å². The van der Waals surface area contributed by atoms with Crippen LogP contribution in [0.2, 0.25) is 18.1 Å². The lowest BCUT2D eigenvalue weighted by molar-refractivity contribution is -0.157. The Kier molecular flexibility index (Phi) is 34.3. The maximum Gasteiger partial charge on any atom is 0.246 e. The maximum atomic E-state index is 15.8. The number of likely N-dealkylation sites (N-methyl/N-ethyl adjacent to an activating group) is 7.